The van der Waals surface area contributed by atoms with Crippen molar-refractivity contribution < 1.29 is 4.79 Å². The fourth-order valence-corrected chi connectivity index (χ4v) is 1.13. The highest BCUT2D eigenvalue weighted by Gasteiger charge is 2.03. The fourth-order valence-electron chi connectivity index (χ4n) is 1.13. The van der Waals surface area contributed by atoms with Gasteiger partial charge in [-0.15, -0.1) is 0 Å². The van der Waals surface area contributed by atoms with Gasteiger partial charge < -0.3 is 10.6 Å². The van der Waals surface area contributed by atoms with Gasteiger partial charge in [-0.2, -0.15) is 0 Å². The molecule has 0 aliphatic rings. The van der Waals surface area contributed by atoms with Gasteiger partial charge in [0.25, 0.3) is 0 Å². The first-order valence-corrected chi connectivity index (χ1v) is 5.39. The number of rotatable bonds is 8. The van der Waals surface area contributed by atoms with E-state index in [2.05, 4.69) is 24.1 Å². The molecule has 0 bridgehead atoms. The minimum Gasteiger partial charge on any atom is -0.353 e. The maximum atomic E-state index is 11.2. The smallest absolute Gasteiger partial charge is 0.246 e. The quantitative estimate of drug-likeness (QED) is 0.458. The van der Waals surface area contributed by atoms with Crippen molar-refractivity contribution in [2.75, 3.05) is 19.6 Å². The molecule has 0 heterocycles. The van der Waals surface area contributed by atoms with Crippen LogP contribution in [0.15, 0.2) is 12.2 Å². The van der Waals surface area contributed by atoms with Gasteiger partial charge >= 0.3 is 0 Å². The van der Waals surface area contributed by atoms with Crippen molar-refractivity contribution in [3.8, 4) is 0 Å². The third-order valence-electron chi connectivity index (χ3n) is 1.92. The molecule has 0 aromatic carbocycles. The van der Waals surface area contributed by atoms with E-state index >= 15 is 0 Å². The highest BCUT2D eigenvalue weighted by Crippen LogP contribution is 2.01. The Balaban J connectivity index is 3.39. The highest BCUT2D eigenvalue weighted by atomic mass is 16.1. The second-order valence-electron chi connectivity index (χ2n) is 3.32. The van der Waals surface area contributed by atoms with Crippen LogP contribution in [0, 0.1) is 0 Å². The summed E-state index contributed by atoms with van der Waals surface area (Å²) in [5.41, 5.74) is 0.685. The number of hydrogen-bond acceptors (Lipinski definition) is 2. The van der Waals surface area contributed by atoms with Crippen LogP contribution >= 0.6 is 0 Å². The van der Waals surface area contributed by atoms with Crippen LogP contribution in [0.2, 0.25) is 0 Å². The Hall–Kier alpha value is -0.830. The molecule has 3 nitrogen and oxygen atoms in total. The summed E-state index contributed by atoms with van der Waals surface area (Å²) in [6.07, 6.45) is 2.91. The molecule has 3 heteroatoms. The van der Waals surface area contributed by atoms with Crippen LogP contribution in [0.4, 0.5) is 0 Å². The first-order chi connectivity index (χ1) is 6.72. The van der Waals surface area contributed by atoms with E-state index in [0.717, 1.165) is 32.4 Å². The van der Waals surface area contributed by atoms with Crippen LogP contribution < -0.4 is 10.6 Å². The van der Waals surface area contributed by atoms with Crippen molar-refractivity contribution in [2.24, 2.45) is 0 Å². The molecular weight excluding hydrogens is 176 g/mol. The molecule has 0 aliphatic heterocycles. The molecule has 0 atom stereocenters. The zero-order valence-electron chi connectivity index (χ0n) is 9.36. The molecule has 0 aliphatic carbocycles. The molecule has 0 unspecified atom stereocenters. The summed E-state index contributed by atoms with van der Waals surface area (Å²) < 4.78 is 0. The summed E-state index contributed by atoms with van der Waals surface area (Å²) in [6.45, 7) is 10.5. The molecule has 0 radical (unpaired) electrons. The fraction of sp³-hybridized carbons (Fsp3) is 0.727. The van der Waals surface area contributed by atoms with Gasteiger partial charge in [0.05, 0.1) is 0 Å². The minimum atomic E-state index is -0.0111. The van der Waals surface area contributed by atoms with Crippen molar-refractivity contribution in [3.63, 3.8) is 0 Å². The van der Waals surface area contributed by atoms with Crippen molar-refractivity contribution in [3.05, 3.63) is 12.2 Å². The van der Waals surface area contributed by atoms with Crippen molar-refractivity contribution in [2.45, 2.75) is 33.1 Å². The van der Waals surface area contributed by atoms with Gasteiger partial charge in [0.15, 0.2) is 0 Å². The highest BCUT2D eigenvalue weighted by molar-refractivity contribution is 5.92. The third-order valence-corrected chi connectivity index (χ3v) is 1.92. The van der Waals surface area contributed by atoms with E-state index in [9.17, 15) is 4.79 Å². The molecule has 0 rings (SSSR count). The average molecular weight is 198 g/mol. The predicted octanol–water partition coefficient (Wildman–Crippen LogP) is 1.46. The molecule has 0 aromatic rings. The first kappa shape index (κ1) is 13.2. The van der Waals surface area contributed by atoms with E-state index in [1.54, 1.807) is 0 Å². The van der Waals surface area contributed by atoms with Crippen molar-refractivity contribution >= 4 is 5.91 Å². The van der Waals surface area contributed by atoms with E-state index in [1.165, 1.54) is 0 Å². The van der Waals surface area contributed by atoms with Gasteiger partial charge in [-0.3, -0.25) is 4.79 Å². The van der Waals surface area contributed by atoms with Gasteiger partial charge in [0, 0.05) is 12.1 Å². The van der Waals surface area contributed by atoms with Gasteiger partial charge in [-0.25, -0.2) is 0 Å². The Kier molecular flexibility index (Phi) is 8.24. The number of likely N-dealkylation sites (N-methyl/N-ethyl adjacent to an activating group) is 1. The van der Waals surface area contributed by atoms with Crippen molar-refractivity contribution in [1.82, 2.24) is 10.6 Å². The number of hydrogen-bond donors (Lipinski definition) is 2. The molecule has 0 fully saturated rings. The second kappa shape index (κ2) is 8.75. The topological polar surface area (TPSA) is 41.1 Å². The Morgan fingerprint density at radius 3 is 2.57 bits per heavy atom. The van der Waals surface area contributed by atoms with Gasteiger partial charge in [-0.1, -0.05) is 13.5 Å². The van der Waals surface area contributed by atoms with Gasteiger partial charge in [-0.05, 0) is 39.3 Å². The standard InChI is InChI=1S/C11H22N2O/c1-4-8-12-9-6-7-10(3)11(14)13-5-2/h12H,3-9H2,1-2H3,(H,13,14). The predicted molar refractivity (Wildman–Crippen MR) is 60.2 cm³/mol. The largest absolute Gasteiger partial charge is 0.353 e. The monoisotopic (exact) mass is 198 g/mol. The maximum Gasteiger partial charge on any atom is 0.246 e. The van der Waals surface area contributed by atoms with Crippen molar-refractivity contribution in [1.29, 1.82) is 0 Å². The van der Waals surface area contributed by atoms with E-state index in [1.807, 2.05) is 6.92 Å². The minimum absolute atomic E-state index is 0.0111. The number of nitrogens with one attached hydrogen (secondary N) is 2. The molecule has 0 aromatic heterocycles. The molecule has 2 N–H and O–H groups in total. The Labute approximate surface area is 87.0 Å². The van der Waals surface area contributed by atoms with Crippen LogP contribution in [0.3, 0.4) is 0 Å². The molecule has 0 spiro atoms. The normalized spacial score (nSPS) is 9.86. The summed E-state index contributed by atoms with van der Waals surface area (Å²) in [4.78, 5) is 11.2. The van der Waals surface area contributed by atoms with Crippen LogP contribution in [-0.4, -0.2) is 25.5 Å². The second-order valence-corrected chi connectivity index (χ2v) is 3.32. The third kappa shape index (κ3) is 6.66. The SMILES string of the molecule is C=C(CCCNCCC)C(=O)NCC. The van der Waals surface area contributed by atoms with Crippen LogP contribution in [0.5, 0.6) is 0 Å². The zero-order chi connectivity index (χ0) is 10.8. The summed E-state index contributed by atoms with van der Waals surface area (Å²) in [5, 5.41) is 6.03. The number of carbonyl (C=O) groups is 1. The lowest BCUT2D eigenvalue weighted by molar-refractivity contribution is -0.117. The lowest BCUT2D eigenvalue weighted by Crippen LogP contribution is -2.24. The van der Waals surface area contributed by atoms with Crippen LogP contribution in [-0.2, 0) is 4.79 Å². The van der Waals surface area contributed by atoms with E-state index in [4.69, 9.17) is 0 Å². The molecular formula is C11H22N2O. The number of carbonyl (C=O) groups excluding carboxylic acids is 1. The molecule has 82 valence electrons. The molecule has 1 amide bonds. The lowest BCUT2D eigenvalue weighted by atomic mass is 10.1. The van der Waals surface area contributed by atoms with E-state index in [0.29, 0.717) is 12.1 Å². The molecule has 0 saturated carbocycles. The van der Waals surface area contributed by atoms with Gasteiger partial charge in [0.2, 0.25) is 5.91 Å². The molecule has 14 heavy (non-hydrogen) atoms. The molecule has 0 saturated heterocycles. The zero-order valence-corrected chi connectivity index (χ0v) is 9.36. The first-order valence-electron chi connectivity index (χ1n) is 5.39. The van der Waals surface area contributed by atoms with Gasteiger partial charge in [0.1, 0.15) is 0 Å². The number of amides is 1. The van der Waals surface area contributed by atoms with E-state index < -0.39 is 0 Å². The van der Waals surface area contributed by atoms with Crippen LogP contribution in [0.25, 0.3) is 0 Å². The summed E-state index contributed by atoms with van der Waals surface area (Å²) in [6, 6.07) is 0. The average Bonchev–Trinajstić information content (AvgIpc) is 2.17. The van der Waals surface area contributed by atoms with Crippen LogP contribution in [0.1, 0.15) is 33.1 Å². The Morgan fingerprint density at radius 1 is 1.29 bits per heavy atom. The summed E-state index contributed by atoms with van der Waals surface area (Å²) in [5.74, 6) is -0.0111. The lowest BCUT2D eigenvalue weighted by Gasteiger charge is -2.06. The Bertz CT molecular complexity index is 178. The van der Waals surface area contributed by atoms with E-state index in [-0.39, 0.29) is 5.91 Å². The summed E-state index contributed by atoms with van der Waals surface area (Å²) in [7, 11) is 0. The summed E-state index contributed by atoms with van der Waals surface area (Å²) >= 11 is 0. The maximum absolute atomic E-state index is 11.2. The Morgan fingerprint density at radius 2 is 2.00 bits per heavy atom.